The van der Waals surface area contributed by atoms with Crippen molar-refractivity contribution in [3.05, 3.63) is 46.5 Å². The van der Waals surface area contributed by atoms with Gasteiger partial charge < -0.3 is 14.8 Å². The number of hydrogen-bond acceptors (Lipinski definition) is 5. The minimum absolute atomic E-state index is 0.264. The molecule has 0 atom stereocenters. The lowest BCUT2D eigenvalue weighted by Gasteiger charge is -2.10. The van der Waals surface area contributed by atoms with Crippen LogP contribution in [0.4, 0.5) is 5.69 Å². The molecule has 0 aliphatic rings. The molecule has 0 fully saturated rings. The summed E-state index contributed by atoms with van der Waals surface area (Å²) in [5.74, 6) is 0.943. The van der Waals surface area contributed by atoms with Crippen LogP contribution < -0.4 is 14.8 Å². The lowest BCUT2D eigenvalue weighted by molar-refractivity contribution is 0.102. The number of benzene rings is 2. The molecule has 0 unspecified atom stereocenters. The van der Waals surface area contributed by atoms with Crippen molar-refractivity contribution in [2.75, 3.05) is 19.5 Å². The van der Waals surface area contributed by atoms with Crippen LogP contribution in [-0.2, 0) is 0 Å². The number of hydrogen-bond donors (Lipinski definition) is 1. The van der Waals surface area contributed by atoms with Crippen molar-refractivity contribution >= 4 is 33.1 Å². The van der Waals surface area contributed by atoms with Gasteiger partial charge in [-0.3, -0.25) is 4.79 Å². The molecule has 1 aromatic heterocycles. The number of carbonyl (C=O) groups excluding carboxylic acids is 1. The molecular formula is C18H18N2O3S. The fourth-order valence-corrected chi connectivity index (χ4v) is 3.59. The molecule has 0 saturated heterocycles. The van der Waals surface area contributed by atoms with Gasteiger partial charge in [0.2, 0.25) is 0 Å². The molecule has 0 radical (unpaired) electrons. The van der Waals surface area contributed by atoms with Gasteiger partial charge in [0.05, 0.1) is 30.1 Å². The Bertz CT molecular complexity index is 918. The molecule has 24 heavy (non-hydrogen) atoms. The molecular weight excluding hydrogens is 324 g/mol. The van der Waals surface area contributed by atoms with E-state index in [1.54, 1.807) is 32.4 Å². The number of methoxy groups -OCH3 is 2. The second kappa shape index (κ2) is 6.49. The molecule has 1 amide bonds. The molecule has 0 saturated carbocycles. The van der Waals surface area contributed by atoms with E-state index in [0.717, 1.165) is 21.3 Å². The van der Waals surface area contributed by atoms with Crippen LogP contribution in [0.3, 0.4) is 0 Å². The molecule has 124 valence electrons. The lowest BCUT2D eigenvalue weighted by atomic mass is 10.1. The van der Waals surface area contributed by atoms with Crippen molar-refractivity contribution in [2.24, 2.45) is 0 Å². The van der Waals surface area contributed by atoms with Crippen LogP contribution in [0.2, 0.25) is 0 Å². The minimum Gasteiger partial charge on any atom is -0.497 e. The number of aryl methyl sites for hydroxylation is 2. The number of nitrogens with zero attached hydrogens (tertiary/aromatic N) is 1. The van der Waals surface area contributed by atoms with E-state index in [-0.39, 0.29) is 5.91 Å². The minimum atomic E-state index is -0.264. The monoisotopic (exact) mass is 342 g/mol. The smallest absolute Gasteiger partial charge is 0.284 e. The van der Waals surface area contributed by atoms with Crippen molar-refractivity contribution in [1.29, 1.82) is 0 Å². The van der Waals surface area contributed by atoms with E-state index in [2.05, 4.69) is 16.4 Å². The average molecular weight is 342 g/mol. The SMILES string of the molecule is COc1ccc(OC)c(NC(=O)c2nc3c(C)cc(C)cc3s2)c1. The molecule has 0 bridgehead atoms. The molecule has 1 N–H and O–H groups in total. The molecule has 2 aromatic carbocycles. The first-order valence-corrected chi connectivity index (χ1v) is 8.24. The number of thiazole rings is 1. The second-order valence-electron chi connectivity index (χ2n) is 5.47. The van der Waals surface area contributed by atoms with Crippen LogP contribution in [0.15, 0.2) is 30.3 Å². The first-order valence-electron chi connectivity index (χ1n) is 7.43. The van der Waals surface area contributed by atoms with Crippen LogP contribution in [0.1, 0.15) is 20.9 Å². The summed E-state index contributed by atoms with van der Waals surface area (Å²) in [5, 5.41) is 3.27. The van der Waals surface area contributed by atoms with Crippen molar-refractivity contribution in [2.45, 2.75) is 13.8 Å². The Kier molecular flexibility index (Phi) is 4.40. The second-order valence-corrected chi connectivity index (χ2v) is 6.50. The largest absolute Gasteiger partial charge is 0.497 e. The summed E-state index contributed by atoms with van der Waals surface area (Å²) < 4.78 is 11.5. The molecule has 0 spiro atoms. The Balaban J connectivity index is 1.94. The summed E-state index contributed by atoms with van der Waals surface area (Å²) in [7, 11) is 3.13. The Hall–Kier alpha value is -2.60. The summed E-state index contributed by atoms with van der Waals surface area (Å²) in [4.78, 5) is 17.1. The normalized spacial score (nSPS) is 10.7. The van der Waals surface area contributed by atoms with Crippen LogP contribution in [-0.4, -0.2) is 25.1 Å². The Morgan fingerprint density at radius 3 is 2.62 bits per heavy atom. The van der Waals surface area contributed by atoms with Crippen LogP contribution >= 0.6 is 11.3 Å². The van der Waals surface area contributed by atoms with Gasteiger partial charge in [-0.15, -0.1) is 11.3 Å². The Labute approximate surface area is 144 Å². The predicted molar refractivity (Wildman–Crippen MR) is 96.6 cm³/mol. The van der Waals surface area contributed by atoms with Crippen molar-refractivity contribution in [3.8, 4) is 11.5 Å². The van der Waals surface area contributed by atoms with E-state index in [1.165, 1.54) is 11.3 Å². The zero-order chi connectivity index (χ0) is 17.3. The van der Waals surface area contributed by atoms with Gasteiger partial charge in [-0.25, -0.2) is 4.98 Å². The van der Waals surface area contributed by atoms with E-state index < -0.39 is 0 Å². The first-order chi connectivity index (χ1) is 11.5. The van der Waals surface area contributed by atoms with Gasteiger partial charge >= 0.3 is 0 Å². The highest BCUT2D eigenvalue weighted by Crippen LogP contribution is 2.31. The van der Waals surface area contributed by atoms with E-state index in [1.807, 2.05) is 19.9 Å². The lowest BCUT2D eigenvalue weighted by Crippen LogP contribution is -2.12. The quantitative estimate of drug-likeness (QED) is 0.772. The number of nitrogens with one attached hydrogen (secondary N) is 1. The molecule has 3 rings (SSSR count). The summed E-state index contributed by atoms with van der Waals surface area (Å²) >= 11 is 1.38. The van der Waals surface area contributed by atoms with Crippen molar-refractivity contribution in [1.82, 2.24) is 4.98 Å². The van der Waals surface area contributed by atoms with Gasteiger partial charge in [-0.05, 0) is 43.2 Å². The van der Waals surface area contributed by atoms with Gasteiger partial charge in [-0.1, -0.05) is 6.07 Å². The molecule has 0 aliphatic carbocycles. The number of aromatic nitrogens is 1. The van der Waals surface area contributed by atoms with Gasteiger partial charge in [0.15, 0.2) is 5.01 Å². The number of fused-ring (bicyclic) bond motifs is 1. The molecule has 0 aliphatic heterocycles. The predicted octanol–water partition coefficient (Wildman–Crippen LogP) is 4.18. The Morgan fingerprint density at radius 1 is 1.12 bits per heavy atom. The van der Waals surface area contributed by atoms with E-state index in [0.29, 0.717) is 22.2 Å². The highest BCUT2D eigenvalue weighted by Gasteiger charge is 2.16. The third kappa shape index (κ3) is 3.05. The summed E-state index contributed by atoms with van der Waals surface area (Å²) in [6, 6.07) is 9.36. The summed E-state index contributed by atoms with van der Waals surface area (Å²) in [6.45, 7) is 4.04. The molecule has 1 heterocycles. The van der Waals surface area contributed by atoms with Gasteiger partial charge in [0.1, 0.15) is 11.5 Å². The van der Waals surface area contributed by atoms with Gasteiger partial charge in [0.25, 0.3) is 5.91 Å². The highest BCUT2D eigenvalue weighted by molar-refractivity contribution is 7.20. The zero-order valence-corrected chi connectivity index (χ0v) is 14.8. The van der Waals surface area contributed by atoms with E-state index in [9.17, 15) is 4.79 Å². The molecule has 3 aromatic rings. The standard InChI is InChI=1S/C18H18N2O3S/c1-10-7-11(2)16-15(8-10)24-18(20-16)17(21)19-13-9-12(22-3)5-6-14(13)23-4/h5-9H,1-4H3,(H,19,21). The number of ether oxygens (including phenoxy) is 2. The third-order valence-corrected chi connectivity index (χ3v) is 4.68. The van der Waals surface area contributed by atoms with Crippen LogP contribution in [0.25, 0.3) is 10.2 Å². The van der Waals surface area contributed by atoms with Crippen LogP contribution in [0.5, 0.6) is 11.5 Å². The number of anilines is 1. The van der Waals surface area contributed by atoms with E-state index in [4.69, 9.17) is 9.47 Å². The highest BCUT2D eigenvalue weighted by atomic mass is 32.1. The Morgan fingerprint density at radius 2 is 1.92 bits per heavy atom. The van der Waals surface area contributed by atoms with Gasteiger partial charge in [0, 0.05) is 6.07 Å². The summed E-state index contributed by atoms with van der Waals surface area (Å²) in [5.41, 5.74) is 3.65. The average Bonchev–Trinajstić information content (AvgIpc) is 2.99. The van der Waals surface area contributed by atoms with E-state index >= 15 is 0 Å². The van der Waals surface area contributed by atoms with Crippen molar-refractivity contribution in [3.63, 3.8) is 0 Å². The number of carbonyl (C=O) groups is 1. The van der Waals surface area contributed by atoms with Crippen molar-refractivity contribution < 1.29 is 14.3 Å². The first kappa shape index (κ1) is 16.3. The molecule has 6 heteroatoms. The van der Waals surface area contributed by atoms with Gasteiger partial charge in [-0.2, -0.15) is 0 Å². The maximum absolute atomic E-state index is 12.6. The fourth-order valence-electron chi connectivity index (χ4n) is 2.56. The number of amides is 1. The maximum Gasteiger partial charge on any atom is 0.284 e. The third-order valence-electron chi connectivity index (χ3n) is 3.68. The summed E-state index contributed by atoms with van der Waals surface area (Å²) in [6.07, 6.45) is 0. The zero-order valence-electron chi connectivity index (χ0n) is 14.0. The topological polar surface area (TPSA) is 60.5 Å². The molecule has 5 nitrogen and oxygen atoms in total. The number of rotatable bonds is 4. The fraction of sp³-hybridized carbons (Fsp3) is 0.222. The maximum atomic E-state index is 12.6. The van der Waals surface area contributed by atoms with Crippen LogP contribution in [0, 0.1) is 13.8 Å².